The monoisotopic (exact) mass is 232 g/mol. The van der Waals surface area contributed by atoms with Gasteiger partial charge in [0, 0.05) is 11.8 Å². The van der Waals surface area contributed by atoms with Crippen molar-refractivity contribution < 1.29 is 4.79 Å². The molecule has 1 amide bonds. The van der Waals surface area contributed by atoms with Crippen molar-refractivity contribution in [2.45, 2.75) is 13.3 Å². The highest BCUT2D eigenvalue weighted by Crippen LogP contribution is 2.16. The predicted molar refractivity (Wildman–Crippen MR) is 61.5 cm³/mol. The topological polar surface area (TPSA) is 113 Å². The number of carbonyl (C=O) groups excluding carboxylic acids is 1. The highest BCUT2D eigenvalue weighted by molar-refractivity contribution is 5.92. The average molecular weight is 232 g/mol. The molecular weight excluding hydrogens is 220 g/mol. The van der Waals surface area contributed by atoms with Gasteiger partial charge in [0.1, 0.15) is 12.1 Å². The van der Waals surface area contributed by atoms with Gasteiger partial charge < -0.3 is 11.5 Å². The summed E-state index contributed by atoms with van der Waals surface area (Å²) < 4.78 is 1.47. The van der Waals surface area contributed by atoms with E-state index < -0.39 is 5.91 Å². The molecule has 0 unspecified atom stereocenters. The van der Waals surface area contributed by atoms with E-state index in [1.54, 1.807) is 0 Å². The van der Waals surface area contributed by atoms with E-state index >= 15 is 0 Å². The largest absolute Gasteiger partial charge is 0.383 e. The van der Waals surface area contributed by atoms with Gasteiger partial charge >= 0.3 is 0 Å². The fourth-order valence-corrected chi connectivity index (χ4v) is 1.52. The second-order valence-corrected chi connectivity index (χ2v) is 3.45. The number of rotatable bonds is 3. The molecule has 2 aromatic heterocycles. The van der Waals surface area contributed by atoms with E-state index in [-0.39, 0.29) is 0 Å². The summed E-state index contributed by atoms with van der Waals surface area (Å²) in [5.74, 6) is 0.442. The maximum Gasteiger partial charge on any atom is 0.251 e. The van der Waals surface area contributed by atoms with Crippen molar-refractivity contribution in [1.29, 1.82) is 0 Å². The first-order chi connectivity index (χ1) is 8.13. The summed E-state index contributed by atoms with van der Waals surface area (Å²) in [6, 6.07) is 0. The zero-order valence-corrected chi connectivity index (χ0v) is 9.29. The van der Waals surface area contributed by atoms with Crippen molar-refractivity contribution in [2.75, 3.05) is 5.73 Å². The summed E-state index contributed by atoms with van der Waals surface area (Å²) in [5, 5.41) is 4.03. The number of primary amides is 1. The SMILES string of the molecule is CCc1c(N)ncnc1-n1cc(C(N)=O)cn1. The van der Waals surface area contributed by atoms with Crippen molar-refractivity contribution in [1.82, 2.24) is 19.7 Å². The molecule has 7 nitrogen and oxygen atoms in total. The molecule has 17 heavy (non-hydrogen) atoms. The van der Waals surface area contributed by atoms with Crippen molar-refractivity contribution in [3.63, 3.8) is 0 Å². The van der Waals surface area contributed by atoms with Crippen LogP contribution >= 0.6 is 0 Å². The molecule has 0 saturated heterocycles. The van der Waals surface area contributed by atoms with Crippen LogP contribution in [0.4, 0.5) is 5.82 Å². The van der Waals surface area contributed by atoms with E-state index in [0.717, 1.165) is 5.56 Å². The molecule has 0 aliphatic heterocycles. The zero-order valence-electron chi connectivity index (χ0n) is 9.29. The Balaban J connectivity index is 2.52. The minimum Gasteiger partial charge on any atom is -0.383 e. The first kappa shape index (κ1) is 11.1. The lowest BCUT2D eigenvalue weighted by Gasteiger charge is -2.07. The maximum absolute atomic E-state index is 11.0. The molecule has 2 aromatic rings. The summed E-state index contributed by atoms with van der Waals surface area (Å²) in [4.78, 5) is 19.0. The fourth-order valence-electron chi connectivity index (χ4n) is 1.52. The van der Waals surface area contributed by atoms with Crippen LogP contribution in [0.3, 0.4) is 0 Å². The predicted octanol–water partition coefficient (Wildman–Crippen LogP) is -0.0942. The van der Waals surface area contributed by atoms with Crippen molar-refractivity contribution in [3.05, 3.63) is 29.8 Å². The Hall–Kier alpha value is -2.44. The molecule has 0 aliphatic rings. The lowest BCUT2D eigenvalue weighted by molar-refractivity contribution is 0.100. The summed E-state index contributed by atoms with van der Waals surface area (Å²) in [7, 11) is 0. The third kappa shape index (κ3) is 1.94. The van der Waals surface area contributed by atoms with Crippen LogP contribution in [0.15, 0.2) is 18.7 Å². The molecule has 0 radical (unpaired) electrons. The average Bonchev–Trinajstić information content (AvgIpc) is 2.77. The number of aromatic nitrogens is 4. The van der Waals surface area contributed by atoms with Gasteiger partial charge in [0.25, 0.3) is 5.91 Å². The van der Waals surface area contributed by atoms with Gasteiger partial charge in [-0.15, -0.1) is 0 Å². The van der Waals surface area contributed by atoms with Crippen molar-refractivity contribution in [3.8, 4) is 5.82 Å². The Morgan fingerprint density at radius 3 is 2.82 bits per heavy atom. The molecule has 7 heteroatoms. The van der Waals surface area contributed by atoms with E-state index in [2.05, 4.69) is 15.1 Å². The maximum atomic E-state index is 11.0. The number of amides is 1. The van der Waals surface area contributed by atoms with Gasteiger partial charge in [0.15, 0.2) is 5.82 Å². The Bertz CT molecular complexity index is 562. The molecule has 0 saturated carbocycles. The first-order valence-corrected chi connectivity index (χ1v) is 5.07. The van der Waals surface area contributed by atoms with Gasteiger partial charge in [-0.25, -0.2) is 14.6 Å². The molecule has 88 valence electrons. The van der Waals surface area contributed by atoms with Gasteiger partial charge in [-0.3, -0.25) is 4.79 Å². The Labute approximate surface area is 97.5 Å². The Morgan fingerprint density at radius 2 is 2.24 bits per heavy atom. The third-order valence-electron chi connectivity index (χ3n) is 2.39. The molecule has 0 bridgehead atoms. The Morgan fingerprint density at radius 1 is 1.47 bits per heavy atom. The van der Waals surface area contributed by atoms with Gasteiger partial charge in [-0.2, -0.15) is 5.10 Å². The molecule has 0 spiro atoms. The lowest BCUT2D eigenvalue weighted by atomic mass is 10.2. The summed E-state index contributed by atoms with van der Waals surface area (Å²) in [6.45, 7) is 1.94. The van der Waals surface area contributed by atoms with Crippen LogP contribution < -0.4 is 11.5 Å². The van der Waals surface area contributed by atoms with Gasteiger partial charge in [-0.05, 0) is 6.42 Å². The van der Waals surface area contributed by atoms with Crippen LogP contribution in [0.2, 0.25) is 0 Å². The summed E-state index contributed by atoms with van der Waals surface area (Å²) in [5.41, 5.74) is 12.0. The Kier molecular flexibility index (Phi) is 2.73. The van der Waals surface area contributed by atoms with Crippen LogP contribution in [0.5, 0.6) is 0 Å². The van der Waals surface area contributed by atoms with E-state index in [1.165, 1.54) is 23.4 Å². The molecule has 0 atom stereocenters. The van der Waals surface area contributed by atoms with E-state index in [1.807, 2.05) is 6.92 Å². The quantitative estimate of drug-likeness (QED) is 0.767. The van der Waals surface area contributed by atoms with Crippen molar-refractivity contribution >= 4 is 11.7 Å². The van der Waals surface area contributed by atoms with Crippen LogP contribution in [-0.4, -0.2) is 25.7 Å². The lowest BCUT2D eigenvalue weighted by Crippen LogP contribution is -2.10. The molecule has 4 N–H and O–H groups in total. The molecule has 2 heterocycles. The van der Waals surface area contributed by atoms with E-state index in [0.29, 0.717) is 23.6 Å². The standard InChI is InChI=1S/C10H12N6O/c1-2-7-8(11)13-5-14-10(7)16-4-6(3-15-16)9(12)17/h3-5H,2H2,1H3,(H2,12,17)(H2,11,13,14). The number of hydrogen-bond acceptors (Lipinski definition) is 5. The first-order valence-electron chi connectivity index (χ1n) is 5.07. The van der Waals surface area contributed by atoms with E-state index in [4.69, 9.17) is 11.5 Å². The molecule has 2 rings (SSSR count). The van der Waals surface area contributed by atoms with Gasteiger partial charge in [-0.1, -0.05) is 6.92 Å². The van der Waals surface area contributed by atoms with E-state index in [9.17, 15) is 4.79 Å². The fraction of sp³-hybridized carbons (Fsp3) is 0.200. The molecule has 0 aromatic carbocycles. The number of anilines is 1. The second-order valence-electron chi connectivity index (χ2n) is 3.45. The smallest absolute Gasteiger partial charge is 0.251 e. The minimum absolute atomic E-state index is 0.323. The molecule has 0 fully saturated rings. The number of hydrogen-bond donors (Lipinski definition) is 2. The number of nitrogens with two attached hydrogens (primary N) is 2. The number of nitrogens with zero attached hydrogens (tertiary/aromatic N) is 4. The molecule has 0 aliphatic carbocycles. The normalized spacial score (nSPS) is 10.4. The number of nitrogen functional groups attached to an aromatic ring is 1. The highest BCUT2D eigenvalue weighted by atomic mass is 16.1. The highest BCUT2D eigenvalue weighted by Gasteiger charge is 2.12. The minimum atomic E-state index is -0.531. The van der Waals surface area contributed by atoms with Crippen molar-refractivity contribution in [2.24, 2.45) is 5.73 Å². The summed E-state index contributed by atoms with van der Waals surface area (Å²) in [6.07, 6.45) is 4.94. The number of carbonyl (C=O) groups is 1. The van der Waals surface area contributed by atoms with Gasteiger partial charge in [0.05, 0.1) is 11.8 Å². The zero-order chi connectivity index (χ0) is 12.4. The third-order valence-corrected chi connectivity index (χ3v) is 2.39. The summed E-state index contributed by atoms with van der Waals surface area (Å²) >= 11 is 0. The van der Waals surface area contributed by atoms with Gasteiger partial charge in [0.2, 0.25) is 0 Å². The second kappa shape index (κ2) is 4.20. The van der Waals surface area contributed by atoms with Crippen LogP contribution in [0.25, 0.3) is 5.82 Å². The van der Waals surface area contributed by atoms with Crippen LogP contribution in [-0.2, 0) is 6.42 Å². The van der Waals surface area contributed by atoms with Crippen LogP contribution in [0.1, 0.15) is 22.8 Å². The van der Waals surface area contributed by atoms with Crippen LogP contribution in [0, 0.1) is 0 Å². The molecular formula is C10H12N6O.